The average Bonchev–Trinajstić information content (AvgIpc) is 2.79. The Labute approximate surface area is 192 Å². The molecular weight excluding hydrogens is 422 g/mol. The topological polar surface area (TPSA) is 109 Å². The van der Waals surface area contributed by atoms with Gasteiger partial charge in [-0.1, -0.05) is 43.7 Å². The maximum absolute atomic E-state index is 12.8. The molecule has 0 radical (unpaired) electrons. The molecule has 0 unspecified atom stereocenters. The molecule has 0 bridgehead atoms. The quantitative estimate of drug-likeness (QED) is 0.502. The number of carbonyl (C=O) groups is 2. The van der Waals surface area contributed by atoms with E-state index in [1.807, 2.05) is 44.2 Å². The van der Waals surface area contributed by atoms with E-state index < -0.39 is 29.6 Å². The third-order valence-corrected chi connectivity index (χ3v) is 5.73. The van der Waals surface area contributed by atoms with Gasteiger partial charge in [-0.25, -0.2) is 4.79 Å². The van der Waals surface area contributed by atoms with Crippen LogP contribution in [0.15, 0.2) is 51.7 Å². The number of benzene rings is 2. The van der Waals surface area contributed by atoms with Gasteiger partial charge >= 0.3 is 5.63 Å². The summed E-state index contributed by atoms with van der Waals surface area (Å²) in [6.07, 6.45) is 0.371. The number of amides is 1. The summed E-state index contributed by atoms with van der Waals surface area (Å²) in [5.74, 6) is -1.51. The highest BCUT2D eigenvalue weighted by atomic mass is 16.5. The summed E-state index contributed by atoms with van der Waals surface area (Å²) in [6, 6.07) is 12.2. The van der Waals surface area contributed by atoms with Crippen LogP contribution in [0.25, 0.3) is 11.0 Å². The van der Waals surface area contributed by atoms with Gasteiger partial charge in [-0.2, -0.15) is 0 Å². The Balaban J connectivity index is 1.86. The van der Waals surface area contributed by atoms with Crippen LogP contribution in [0, 0.1) is 13.8 Å². The molecular formula is C26H28NO6-. The molecule has 174 valence electrons. The second kappa shape index (κ2) is 10.3. The van der Waals surface area contributed by atoms with Crippen molar-refractivity contribution in [1.29, 1.82) is 0 Å². The molecule has 0 saturated heterocycles. The minimum absolute atomic E-state index is 0.269. The normalized spacial score (nSPS) is 12.8. The lowest BCUT2D eigenvalue weighted by molar-refractivity contribution is -0.308. The fourth-order valence-electron chi connectivity index (χ4n) is 3.77. The SMILES string of the molecule is CCC[C@@H](NC(=O)[C@@H](C)Oc1ccc2c(C)c(Cc3ccccc3)c(=O)oc2c1C)C(=O)[O-]. The van der Waals surface area contributed by atoms with E-state index in [-0.39, 0.29) is 6.42 Å². The Hall–Kier alpha value is -3.61. The Kier molecular flexibility index (Phi) is 7.53. The van der Waals surface area contributed by atoms with Gasteiger partial charge in [0.1, 0.15) is 11.3 Å². The Morgan fingerprint density at radius 3 is 2.42 bits per heavy atom. The number of rotatable bonds is 9. The van der Waals surface area contributed by atoms with E-state index in [1.54, 1.807) is 19.1 Å². The highest BCUT2D eigenvalue weighted by Gasteiger charge is 2.22. The zero-order chi connectivity index (χ0) is 24.1. The van der Waals surface area contributed by atoms with Gasteiger partial charge in [-0.15, -0.1) is 0 Å². The van der Waals surface area contributed by atoms with Crippen LogP contribution in [0.5, 0.6) is 5.75 Å². The average molecular weight is 451 g/mol. The van der Waals surface area contributed by atoms with E-state index in [4.69, 9.17) is 9.15 Å². The molecule has 1 N–H and O–H groups in total. The van der Waals surface area contributed by atoms with Crippen LogP contribution in [0.1, 0.15) is 48.9 Å². The highest BCUT2D eigenvalue weighted by Crippen LogP contribution is 2.30. The maximum atomic E-state index is 12.8. The molecule has 2 atom stereocenters. The first kappa shape index (κ1) is 24.0. The number of aliphatic carboxylic acids is 1. The molecule has 33 heavy (non-hydrogen) atoms. The second-order valence-electron chi connectivity index (χ2n) is 8.15. The van der Waals surface area contributed by atoms with E-state index in [9.17, 15) is 19.5 Å². The molecule has 7 nitrogen and oxygen atoms in total. The first-order valence-corrected chi connectivity index (χ1v) is 11.0. The molecule has 0 fully saturated rings. The summed E-state index contributed by atoms with van der Waals surface area (Å²) < 4.78 is 11.5. The van der Waals surface area contributed by atoms with Crippen molar-refractivity contribution in [2.75, 3.05) is 0 Å². The van der Waals surface area contributed by atoms with Crippen molar-refractivity contribution in [2.45, 2.75) is 59.1 Å². The lowest BCUT2D eigenvalue weighted by Crippen LogP contribution is -2.51. The molecule has 3 aromatic rings. The van der Waals surface area contributed by atoms with Crippen molar-refractivity contribution in [3.63, 3.8) is 0 Å². The molecule has 7 heteroatoms. The summed E-state index contributed by atoms with van der Waals surface area (Å²) in [7, 11) is 0. The van der Waals surface area contributed by atoms with Gasteiger partial charge < -0.3 is 24.4 Å². The van der Waals surface area contributed by atoms with Crippen LogP contribution in [0.2, 0.25) is 0 Å². The van der Waals surface area contributed by atoms with Gasteiger partial charge in [0.05, 0.1) is 12.0 Å². The second-order valence-corrected chi connectivity index (χ2v) is 8.15. The fraction of sp³-hybridized carbons (Fsp3) is 0.346. The number of carbonyl (C=O) groups excluding carboxylic acids is 2. The molecule has 1 amide bonds. The Bertz CT molecular complexity index is 1210. The number of carboxylic acids is 1. The molecule has 0 saturated carbocycles. The van der Waals surface area contributed by atoms with Crippen molar-refractivity contribution < 1.29 is 23.8 Å². The van der Waals surface area contributed by atoms with Crippen LogP contribution in [0.3, 0.4) is 0 Å². The standard InChI is InChI=1S/C26H29NO6/c1-5-9-21(25(29)30)27-24(28)17(4)32-22-13-12-19-15(2)20(14-18-10-7-6-8-11-18)26(31)33-23(19)16(22)3/h6-8,10-13,17,21H,5,9,14H2,1-4H3,(H,27,28)(H,29,30)/p-1/t17-,21-/m1/s1. The van der Waals surface area contributed by atoms with Crippen molar-refractivity contribution in [3.05, 3.63) is 75.1 Å². The first-order chi connectivity index (χ1) is 15.7. The van der Waals surface area contributed by atoms with Crippen LogP contribution < -0.4 is 20.8 Å². The molecule has 0 aliphatic rings. The van der Waals surface area contributed by atoms with E-state index in [1.165, 1.54) is 6.92 Å². The minimum atomic E-state index is -1.33. The Morgan fingerprint density at radius 1 is 1.09 bits per heavy atom. The fourth-order valence-corrected chi connectivity index (χ4v) is 3.77. The van der Waals surface area contributed by atoms with Crippen LogP contribution in [-0.2, 0) is 16.0 Å². The van der Waals surface area contributed by atoms with Gasteiger partial charge in [0.2, 0.25) is 0 Å². The third-order valence-electron chi connectivity index (χ3n) is 5.73. The van der Waals surface area contributed by atoms with Crippen LogP contribution in [-0.4, -0.2) is 24.0 Å². The predicted molar refractivity (Wildman–Crippen MR) is 123 cm³/mol. The van der Waals surface area contributed by atoms with Gasteiger partial charge in [-0.05, 0) is 50.5 Å². The number of hydrogen-bond donors (Lipinski definition) is 1. The van der Waals surface area contributed by atoms with Gasteiger partial charge in [0.25, 0.3) is 5.91 Å². The number of aryl methyl sites for hydroxylation is 2. The van der Waals surface area contributed by atoms with Gasteiger partial charge in [-0.3, -0.25) is 4.79 Å². The number of hydrogen-bond acceptors (Lipinski definition) is 6. The minimum Gasteiger partial charge on any atom is -0.548 e. The van der Waals surface area contributed by atoms with Crippen molar-refractivity contribution in [2.24, 2.45) is 0 Å². The molecule has 2 aromatic carbocycles. The number of carboxylic acid groups (broad SMARTS) is 1. The van der Waals surface area contributed by atoms with E-state index in [2.05, 4.69) is 5.32 Å². The summed E-state index contributed by atoms with van der Waals surface area (Å²) in [5, 5.41) is 14.4. The first-order valence-electron chi connectivity index (χ1n) is 11.0. The van der Waals surface area contributed by atoms with E-state index in [0.29, 0.717) is 35.3 Å². The number of nitrogens with one attached hydrogen (secondary N) is 1. The van der Waals surface area contributed by atoms with Crippen molar-refractivity contribution >= 4 is 22.8 Å². The number of fused-ring (bicyclic) bond motifs is 1. The molecule has 0 spiro atoms. The molecule has 3 rings (SSSR count). The summed E-state index contributed by atoms with van der Waals surface area (Å²) in [5.41, 5.74) is 3.02. The molecule has 0 aliphatic carbocycles. The van der Waals surface area contributed by atoms with Crippen LogP contribution >= 0.6 is 0 Å². The molecule has 1 aromatic heterocycles. The lowest BCUT2D eigenvalue weighted by atomic mass is 9.98. The molecule has 1 heterocycles. The smallest absolute Gasteiger partial charge is 0.340 e. The summed E-state index contributed by atoms with van der Waals surface area (Å²) in [6.45, 7) is 6.99. The van der Waals surface area contributed by atoms with E-state index in [0.717, 1.165) is 16.5 Å². The summed E-state index contributed by atoms with van der Waals surface area (Å²) >= 11 is 0. The number of ether oxygens (including phenoxy) is 1. The van der Waals surface area contributed by atoms with Crippen LogP contribution in [0.4, 0.5) is 0 Å². The monoisotopic (exact) mass is 450 g/mol. The zero-order valence-electron chi connectivity index (χ0n) is 19.3. The largest absolute Gasteiger partial charge is 0.548 e. The predicted octanol–water partition coefficient (Wildman–Crippen LogP) is 2.80. The van der Waals surface area contributed by atoms with Crippen molar-refractivity contribution in [1.82, 2.24) is 5.32 Å². The van der Waals surface area contributed by atoms with E-state index >= 15 is 0 Å². The highest BCUT2D eigenvalue weighted by molar-refractivity contribution is 5.87. The Morgan fingerprint density at radius 2 is 1.79 bits per heavy atom. The summed E-state index contributed by atoms with van der Waals surface area (Å²) in [4.78, 5) is 36.4. The van der Waals surface area contributed by atoms with Gasteiger partial charge in [0.15, 0.2) is 6.10 Å². The molecule has 0 aliphatic heterocycles. The lowest BCUT2D eigenvalue weighted by Gasteiger charge is -2.22. The zero-order valence-corrected chi connectivity index (χ0v) is 19.3. The van der Waals surface area contributed by atoms with Gasteiger partial charge in [0, 0.05) is 22.9 Å². The maximum Gasteiger partial charge on any atom is 0.340 e. The van der Waals surface area contributed by atoms with Crippen molar-refractivity contribution in [3.8, 4) is 5.75 Å². The third kappa shape index (κ3) is 5.42.